The Hall–Kier alpha value is -3.57. The van der Waals surface area contributed by atoms with Crippen LogP contribution in [0.1, 0.15) is 38.0 Å². The first-order chi connectivity index (χ1) is 20.9. The number of hydrogen-bond donors (Lipinski definition) is 0. The van der Waals surface area contributed by atoms with Crippen LogP contribution in [0.4, 0.5) is 5.82 Å². The molecule has 9 nitrogen and oxygen atoms in total. The van der Waals surface area contributed by atoms with Gasteiger partial charge in [0.15, 0.2) is 11.9 Å². The molecule has 0 amide bonds. The van der Waals surface area contributed by atoms with Gasteiger partial charge in [0.25, 0.3) is 0 Å². The predicted octanol–water partition coefficient (Wildman–Crippen LogP) is 6.65. The van der Waals surface area contributed by atoms with E-state index in [4.69, 9.17) is 36.1 Å². The molecule has 1 saturated heterocycles. The average molecular weight is 633 g/mol. The van der Waals surface area contributed by atoms with E-state index in [0.717, 1.165) is 86.2 Å². The first kappa shape index (κ1) is 30.5. The molecule has 2 aromatic carbocycles. The van der Waals surface area contributed by atoms with Crippen LogP contribution in [0.3, 0.4) is 0 Å². The summed E-state index contributed by atoms with van der Waals surface area (Å²) in [5.41, 5.74) is 6.27. The lowest BCUT2D eigenvalue weighted by Gasteiger charge is -2.32. The van der Waals surface area contributed by atoms with Gasteiger partial charge in [0, 0.05) is 49.4 Å². The van der Waals surface area contributed by atoms with Crippen molar-refractivity contribution in [3.05, 3.63) is 58.6 Å². The first-order valence-corrected chi connectivity index (χ1v) is 15.9. The van der Waals surface area contributed by atoms with Crippen molar-refractivity contribution in [2.75, 3.05) is 45.2 Å². The number of aryl methyl sites for hydroxylation is 2. The lowest BCUT2D eigenvalue weighted by atomic mass is 9.91. The van der Waals surface area contributed by atoms with Crippen LogP contribution in [0.25, 0.3) is 43.1 Å². The standard InChI is InChI=1S/C33H37ClN6O3S/c1-19-18-23-29(26(20-8-10-21(34)11-9-20)25(19)28(32(41)42-7)43-33(2,3)4)44-31(36-23)22-12-13-24-27(35-22)30(37-39(24)6)40-16-14-38(5)15-17-40/h8-13,18,28H,14-17H2,1-7H3. The number of carbonyl (C=O) groups is 1. The molecule has 11 heteroatoms. The smallest absolute Gasteiger partial charge is 0.339 e. The SMILES string of the molecule is COC(=O)C(OC(C)(C)C)c1c(C)cc2nc(-c3ccc4c(n3)c(N3CCN(C)CC3)nn4C)sc2c1-c1ccc(Cl)cc1. The number of methoxy groups -OCH3 is 1. The minimum Gasteiger partial charge on any atom is -0.467 e. The van der Waals surface area contributed by atoms with Crippen molar-refractivity contribution < 1.29 is 14.3 Å². The Morgan fingerprint density at radius 1 is 1.02 bits per heavy atom. The van der Waals surface area contributed by atoms with Crippen LogP contribution in [-0.4, -0.2) is 76.6 Å². The number of nitrogens with zero attached hydrogens (tertiary/aromatic N) is 6. The van der Waals surface area contributed by atoms with Crippen LogP contribution < -0.4 is 4.90 Å². The maximum absolute atomic E-state index is 13.2. The third-order valence-electron chi connectivity index (χ3n) is 7.91. The third kappa shape index (κ3) is 5.79. The molecule has 0 aliphatic carbocycles. The molecule has 0 bridgehead atoms. The van der Waals surface area contributed by atoms with Gasteiger partial charge >= 0.3 is 5.97 Å². The summed E-state index contributed by atoms with van der Waals surface area (Å²) in [6.07, 6.45) is -0.934. The minimum absolute atomic E-state index is 0.456. The van der Waals surface area contributed by atoms with E-state index >= 15 is 0 Å². The van der Waals surface area contributed by atoms with Crippen LogP contribution in [-0.2, 0) is 21.3 Å². The summed E-state index contributed by atoms with van der Waals surface area (Å²) in [5.74, 6) is 0.446. The molecule has 0 saturated carbocycles. The number of piperazine rings is 1. The number of likely N-dealkylation sites (N-methyl/N-ethyl adjacent to an activating group) is 1. The average Bonchev–Trinajstić information content (AvgIpc) is 3.56. The molecule has 3 aromatic heterocycles. The second kappa shape index (κ2) is 11.7. The molecule has 0 N–H and O–H groups in total. The van der Waals surface area contributed by atoms with Gasteiger partial charge < -0.3 is 19.3 Å². The monoisotopic (exact) mass is 632 g/mol. The third-order valence-corrected chi connectivity index (χ3v) is 9.27. The number of anilines is 1. The van der Waals surface area contributed by atoms with E-state index in [0.29, 0.717) is 5.02 Å². The fourth-order valence-electron chi connectivity index (χ4n) is 5.72. The van der Waals surface area contributed by atoms with Gasteiger partial charge in [0.1, 0.15) is 10.5 Å². The van der Waals surface area contributed by atoms with Crippen LogP contribution in [0.5, 0.6) is 0 Å². The highest BCUT2D eigenvalue weighted by atomic mass is 35.5. The molecule has 4 heterocycles. The number of thiazole rings is 1. The van der Waals surface area contributed by atoms with Gasteiger partial charge in [0.05, 0.1) is 34.1 Å². The number of pyridine rings is 1. The van der Waals surface area contributed by atoms with Crippen molar-refractivity contribution in [2.24, 2.45) is 7.05 Å². The van der Waals surface area contributed by atoms with E-state index in [-0.39, 0.29) is 0 Å². The maximum Gasteiger partial charge on any atom is 0.339 e. The van der Waals surface area contributed by atoms with Crippen molar-refractivity contribution >= 4 is 56.0 Å². The Kier molecular flexibility index (Phi) is 8.13. The molecule has 230 valence electrons. The molecule has 0 radical (unpaired) electrons. The number of ether oxygens (including phenoxy) is 2. The second-order valence-electron chi connectivity index (χ2n) is 12.3. The number of halogens is 1. The summed E-state index contributed by atoms with van der Waals surface area (Å²) < 4.78 is 14.4. The molecule has 6 rings (SSSR count). The number of hydrogen-bond acceptors (Lipinski definition) is 9. The Labute approximate surface area is 266 Å². The Morgan fingerprint density at radius 2 is 1.73 bits per heavy atom. The lowest BCUT2D eigenvalue weighted by Crippen LogP contribution is -2.44. The summed E-state index contributed by atoms with van der Waals surface area (Å²) in [5, 5.41) is 6.26. The van der Waals surface area contributed by atoms with E-state index in [1.165, 1.54) is 7.11 Å². The summed E-state index contributed by atoms with van der Waals surface area (Å²) in [6, 6.07) is 13.7. The normalized spacial score (nSPS) is 15.3. The summed E-state index contributed by atoms with van der Waals surface area (Å²) in [4.78, 5) is 28.1. The lowest BCUT2D eigenvalue weighted by molar-refractivity contribution is -0.164. The number of aromatic nitrogens is 4. The number of benzene rings is 2. The van der Waals surface area contributed by atoms with Crippen molar-refractivity contribution in [2.45, 2.75) is 39.4 Å². The molecule has 1 unspecified atom stereocenters. The highest BCUT2D eigenvalue weighted by molar-refractivity contribution is 7.22. The number of esters is 1. The molecule has 0 spiro atoms. The van der Waals surface area contributed by atoms with Gasteiger partial charge in [-0.2, -0.15) is 5.10 Å². The minimum atomic E-state index is -0.934. The Bertz CT molecular complexity index is 1850. The topological polar surface area (TPSA) is 85.6 Å². The van der Waals surface area contributed by atoms with Gasteiger partial charge in [-0.05, 0) is 76.2 Å². The van der Waals surface area contributed by atoms with Gasteiger partial charge in [-0.3, -0.25) is 4.68 Å². The maximum atomic E-state index is 13.2. The quantitative estimate of drug-likeness (QED) is 0.192. The Balaban J connectivity index is 1.54. The van der Waals surface area contributed by atoms with Crippen LogP contribution in [0.15, 0.2) is 42.5 Å². The highest BCUT2D eigenvalue weighted by Crippen LogP contribution is 2.44. The zero-order valence-corrected chi connectivity index (χ0v) is 27.7. The molecule has 1 fully saturated rings. The Morgan fingerprint density at radius 3 is 2.39 bits per heavy atom. The molecule has 44 heavy (non-hydrogen) atoms. The number of carbonyl (C=O) groups excluding carboxylic acids is 1. The fraction of sp³-hybridized carbons (Fsp3) is 0.394. The number of rotatable bonds is 6. The van der Waals surface area contributed by atoms with Crippen molar-refractivity contribution in [3.8, 4) is 21.8 Å². The van der Waals surface area contributed by atoms with Gasteiger partial charge in [0.2, 0.25) is 0 Å². The molecular formula is C33H37ClN6O3S. The fourth-order valence-corrected chi connectivity index (χ4v) is 6.94. The van der Waals surface area contributed by atoms with Crippen LogP contribution in [0, 0.1) is 6.92 Å². The molecule has 1 atom stereocenters. The summed E-state index contributed by atoms with van der Waals surface area (Å²) in [7, 11) is 5.49. The van der Waals surface area contributed by atoms with E-state index < -0.39 is 17.7 Å². The van der Waals surface area contributed by atoms with Gasteiger partial charge in [-0.15, -0.1) is 11.3 Å². The second-order valence-corrected chi connectivity index (χ2v) is 13.7. The molecule has 5 aromatic rings. The largest absolute Gasteiger partial charge is 0.467 e. The molecule has 1 aliphatic heterocycles. The summed E-state index contributed by atoms with van der Waals surface area (Å²) in [6.45, 7) is 11.5. The first-order valence-electron chi connectivity index (χ1n) is 14.7. The van der Waals surface area contributed by atoms with Gasteiger partial charge in [-0.1, -0.05) is 23.7 Å². The summed E-state index contributed by atoms with van der Waals surface area (Å²) >= 11 is 7.84. The zero-order chi connectivity index (χ0) is 31.3. The van der Waals surface area contributed by atoms with E-state index in [9.17, 15) is 4.79 Å². The van der Waals surface area contributed by atoms with Crippen molar-refractivity contribution in [1.29, 1.82) is 0 Å². The predicted molar refractivity (Wildman–Crippen MR) is 178 cm³/mol. The van der Waals surface area contributed by atoms with E-state index in [1.807, 2.05) is 75.8 Å². The zero-order valence-electron chi connectivity index (χ0n) is 26.1. The van der Waals surface area contributed by atoms with Crippen molar-refractivity contribution in [1.82, 2.24) is 24.6 Å². The van der Waals surface area contributed by atoms with Gasteiger partial charge in [-0.25, -0.2) is 14.8 Å². The van der Waals surface area contributed by atoms with Crippen LogP contribution in [0.2, 0.25) is 5.02 Å². The van der Waals surface area contributed by atoms with E-state index in [1.54, 1.807) is 11.3 Å². The van der Waals surface area contributed by atoms with Crippen molar-refractivity contribution in [3.63, 3.8) is 0 Å². The molecular weight excluding hydrogens is 596 g/mol. The van der Waals surface area contributed by atoms with E-state index in [2.05, 4.69) is 22.9 Å². The molecule has 1 aliphatic rings. The highest BCUT2D eigenvalue weighted by Gasteiger charge is 2.33. The number of fused-ring (bicyclic) bond motifs is 2. The van der Waals surface area contributed by atoms with Crippen LogP contribution >= 0.6 is 22.9 Å².